The van der Waals surface area contributed by atoms with Gasteiger partial charge in [0.1, 0.15) is 0 Å². The summed E-state index contributed by atoms with van der Waals surface area (Å²) in [5.74, 6) is 0. The Kier molecular flexibility index (Phi) is 4.59. The van der Waals surface area contributed by atoms with E-state index in [-0.39, 0.29) is 0 Å². The molecule has 2 unspecified atom stereocenters. The van der Waals surface area contributed by atoms with Crippen LogP contribution in [0, 0.1) is 0 Å². The van der Waals surface area contributed by atoms with E-state index < -0.39 is 11.7 Å². The molecule has 0 radical (unpaired) electrons. The predicted molar refractivity (Wildman–Crippen MR) is 64.7 cm³/mol. The Morgan fingerprint density at radius 1 is 1.60 bits per heavy atom. The van der Waals surface area contributed by atoms with Gasteiger partial charge in [0, 0.05) is 18.4 Å². The average molecular weight is 249 g/mol. The average Bonchev–Trinajstić information content (AvgIpc) is 2.62. The fourth-order valence-corrected chi connectivity index (χ4v) is 2.51. The molecular formula is C11H17ClO2S. The molecule has 0 amide bonds. The van der Waals surface area contributed by atoms with Crippen molar-refractivity contribution in [3.05, 3.63) is 21.3 Å². The zero-order valence-electron chi connectivity index (χ0n) is 9.29. The lowest BCUT2D eigenvalue weighted by Gasteiger charge is -2.31. The number of halogens is 1. The molecule has 2 atom stereocenters. The van der Waals surface area contributed by atoms with E-state index >= 15 is 0 Å². The van der Waals surface area contributed by atoms with Gasteiger partial charge in [0.2, 0.25) is 0 Å². The summed E-state index contributed by atoms with van der Waals surface area (Å²) in [4.78, 5) is 1.09. The summed E-state index contributed by atoms with van der Waals surface area (Å²) in [5.41, 5.74) is -0.476. The number of thiophene rings is 1. The molecule has 0 fully saturated rings. The summed E-state index contributed by atoms with van der Waals surface area (Å²) < 4.78 is 6.11. The van der Waals surface area contributed by atoms with E-state index in [1.54, 1.807) is 7.11 Å². The molecule has 0 aromatic carbocycles. The largest absolute Gasteiger partial charge is 0.390 e. The van der Waals surface area contributed by atoms with Gasteiger partial charge in [-0.3, -0.25) is 0 Å². The highest BCUT2D eigenvalue weighted by Crippen LogP contribution is 2.27. The minimum absolute atomic E-state index is 0.476. The van der Waals surface area contributed by atoms with Crippen molar-refractivity contribution in [2.75, 3.05) is 7.11 Å². The first-order valence-corrected chi connectivity index (χ1v) is 6.18. The molecular weight excluding hydrogens is 232 g/mol. The number of aliphatic hydroxyl groups excluding tert-OH is 1. The third kappa shape index (κ3) is 3.18. The normalized spacial score (nSPS) is 17.4. The first-order chi connectivity index (χ1) is 7.01. The third-order valence-electron chi connectivity index (χ3n) is 2.90. The van der Waals surface area contributed by atoms with Gasteiger partial charge in [-0.2, -0.15) is 0 Å². The Balaban J connectivity index is 2.65. The summed E-state index contributed by atoms with van der Waals surface area (Å²) in [6.07, 6.45) is 0.876. The van der Waals surface area contributed by atoms with Crippen LogP contribution in [0.3, 0.4) is 0 Å². The maximum Gasteiger partial charge on any atom is 0.0931 e. The van der Waals surface area contributed by atoms with Crippen LogP contribution in [0.4, 0.5) is 0 Å². The van der Waals surface area contributed by atoms with Crippen molar-refractivity contribution in [2.45, 2.75) is 38.4 Å². The first kappa shape index (κ1) is 13.0. The van der Waals surface area contributed by atoms with Crippen LogP contribution in [-0.2, 0) is 11.2 Å². The molecule has 1 N–H and O–H groups in total. The predicted octanol–water partition coefficient (Wildman–Crippen LogP) is 3.12. The minimum atomic E-state index is -0.498. The minimum Gasteiger partial charge on any atom is -0.390 e. The molecule has 1 rings (SSSR count). The molecule has 0 saturated carbocycles. The molecule has 4 heteroatoms. The Hall–Kier alpha value is -0.0900. The molecule has 2 nitrogen and oxygen atoms in total. The molecule has 0 aliphatic heterocycles. The lowest BCUT2D eigenvalue weighted by molar-refractivity contribution is -0.0911. The molecule has 1 aromatic heterocycles. The van der Waals surface area contributed by atoms with Crippen molar-refractivity contribution < 1.29 is 9.84 Å². The second-order valence-corrected chi connectivity index (χ2v) is 5.60. The van der Waals surface area contributed by atoms with Crippen LogP contribution in [0.15, 0.2) is 12.1 Å². The number of hydrogen-bond donors (Lipinski definition) is 1. The molecule has 0 bridgehead atoms. The summed E-state index contributed by atoms with van der Waals surface area (Å²) in [6, 6.07) is 3.80. The maximum absolute atomic E-state index is 10.1. The molecule has 0 saturated heterocycles. The van der Waals surface area contributed by atoms with Crippen molar-refractivity contribution in [2.24, 2.45) is 0 Å². The van der Waals surface area contributed by atoms with Crippen LogP contribution in [-0.4, -0.2) is 23.9 Å². The van der Waals surface area contributed by atoms with Gasteiger partial charge < -0.3 is 9.84 Å². The highest BCUT2D eigenvalue weighted by molar-refractivity contribution is 7.16. The number of aliphatic hydroxyl groups is 1. The zero-order chi connectivity index (χ0) is 11.5. The smallest absolute Gasteiger partial charge is 0.0931 e. The van der Waals surface area contributed by atoms with Crippen LogP contribution in [0.5, 0.6) is 0 Å². The lowest BCUT2D eigenvalue weighted by atomic mass is 9.93. The van der Waals surface area contributed by atoms with Crippen molar-refractivity contribution in [3.63, 3.8) is 0 Å². The van der Waals surface area contributed by atoms with E-state index in [4.69, 9.17) is 16.3 Å². The highest BCUT2D eigenvalue weighted by Gasteiger charge is 2.31. The van der Waals surface area contributed by atoms with Crippen LogP contribution in [0.25, 0.3) is 0 Å². The summed E-state index contributed by atoms with van der Waals surface area (Å²) >= 11 is 7.33. The summed E-state index contributed by atoms with van der Waals surface area (Å²) in [5, 5.41) is 10.1. The van der Waals surface area contributed by atoms with Gasteiger partial charge in [-0.1, -0.05) is 18.5 Å². The van der Waals surface area contributed by atoms with Gasteiger partial charge in [0.15, 0.2) is 0 Å². The van der Waals surface area contributed by atoms with Gasteiger partial charge in [-0.05, 0) is 25.5 Å². The number of hydrogen-bond acceptors (Lipinski definition) is 3. The third-order valence-corrected chi connectivity index (χ3v) is 4.15. The van der Waals surface area contributed by atoms with E-state index in [1.165, 1.54) is 11.3 Å². The van der Waals surface area contributed by atoms with Crippen LogP contribution in [0.1, 0.15) is 25.1 Å². The SMILES string of the molecule is CCC(C)(OC)C(O)Cc1ccc(Cl)s1. The molecule has 15 heavy (non-hydrogen) atoms. The van der Waals surface area contributed by atoms with E-state index in [2.05, 4.69) is 0 Å². The van der Waals surface area contributed by atoms with E-state index in [9.17, 15) is 5.11 Å². The quantitative estimate of drug-likeness (QED) is 0.868. The fraction of sp³-hybridized carbons (Fsp3) is 0.636. The van der Waals surface area contributed by atoms with Crippen LogP contribution in [0.2, 0.25) is 4.34 Å². The lowest BCUT2D eigenvalue weighted by Crippen LogP contribution is -2.41. The summed E-state index contributed by atoms with van der Waals surface area (Å²) in [7, 11) is 1.63. The first-order valence-electron chi connectivity index (χ1n) is 4.99. The molecule has 86 valence electrons. The topological polar surface area (TPSA) is 29.5 Å². The van der Waals surface area contributed by atoms with Gasteiger partial charge in [0.05, 0.1) is 16.0 Å². The van der Waals surface area contributed by atoms with Gasteiger partial charge in [0.25, 0.3) is 0 Å². The molecule has 0 aliphatic carbocycles. The number of rotatable bonds is 5. The van der Waals surface area contributed by atoms with Gasteiger partial charge in [-0.25, -0.2) is 0 Å². The molecule has 0 spiro atoms. The molecule has 1 heterocycles. The highest BCUT2D eigenvalue weighted by atomic mass is 35.5. The van der Waals surface area contributed by atoms with Gasteiger partial charge in [-0.15, -0.1) is 11.3 Å². The Morgan fingerprint density at radius 2 is 2.27 bits per heavy atom. The second kappa shape index (κ2) is 5.30. The summed E-state index contributed by atoms with van der Waals surface area (Å²) in [6.45, 7) is 3.93. The Labute approximate surface area is 99.8 Å². The monoisotopic (exact) mass is 248 g/mol. The zero-order valence-corrected chi connectivity index (χ0v) is 10.9. The van der Waals surface area contributed by atoms with E-state index in [1.807, 2.05) is 26.0 Å². The Bertz CT molecular complexity index is 307. The fourth-order valence-electron chi connectivity index (χ4n) is 1.38. The van der Waals surface area contributed by atoms with Crippen molar-refractivity contribution >= 4 is 22.9 Å². The Morgan fingerprint density at radius 3 is 2.67 bits per heavy atom. The van der Waals surface area contributed by atoms with Crippen molar-refractivity contribution in [1.29, 1.82) is 0 Å². The molecule has 0 aliphatic rings. The van der Waals surface area contributed by atoms with Crippen molar-refractivity contribution in [1.82, 2.24) is 0 Å². The van der Waals surface area contributed by atoms with Crippen LogP contribution >= 0.6 is 22.9 Å². The van der Waals surface area contributed by atoms with E-state index in [0.717, 1.165) is 15.6 Å². The van der Waals surface area contributed by atoms with Crippen LogP contribution < -0.4 is 0 Å². The number of methoxy groups -OCH3 is 1. The maximum atomic E-state index is 10.1. The van der Waals surface area contributed by atoms with Crippen molar-refractivity contribution in [3.8, 4) is 0 Å². The molecule has 1 aromatic rings. The standard InChI is InChI=1S/C11H17ClO2S/c1-4-11(2,14-3)9(13)7-8-5-6-10(12)15-8/h5-6,9,13H,4,7H2,1-3H3. The van der Waals surface area contributed by atoms with E-state index in [0.29, 0.717) is 6.42 Å². The van der Waals surface area contributed by atoms with Gasteiger partial charge >= 0.3 is 0 Å². The number of ether oxygens (including phenoxy) is 1. The second-order valence-electron chi connectivity index (χ2n) is 3.80.